The number of nitrogens with zero attached hydrogens (tertiary/aromatic N) is 3. The van der Waals surface area contributed by atoms with Gasteiger partial charge in [0.1, 0.15) is 5.82 Å². The number of amides is 2. The van der Waals surface area contributed by atoms with Gasteiger partial charge in [-0.1, -0.05) is 18.2 Å². The lowest BCUT2D eigenvalue weighted by atomic mass is 9.96. The van der Waals surface area contributed by atoms with Gasteiger partial charge in [0.05, 0.1) is 11.1 Å². The van der Waals surface area contributed by atoms with Crippen LogP contribution in [-0.2, 0) is 13.1 Å². The highest BCUT2D eigenvalue weighted by atomic mass is 19.1. The highest BCUT2D eigenvalue weighted by Gasteiger charge is 2.34. The van der Waals surface area contributed by atoms with Crippen LogP contribution in [0.5, 0.6) is 0 Å². The summed E-state index contributed by atoms with van der Waals surface area (Å²) in [5.74, 6) is -0.433. The van der Waals surface area contributed by atoms with Crippen LogP contribution >= 0.6 is 0 Å². The van der Waals surface area contributed by atoms with Crippen LogP contribution in [0.1, 0.15) is 51.1 Å². The van der Waals surface area contributed by atoms with E-state index in [9.17, 15) is 14.0 Å². The molecule has 30 heavy (non-hydrogen) atoms. The number of fused-ring (bicyclic) bond motifs is 2. The summed E-state index contributed by atoms with van der Waals surface area (Å²) in [5.41, 5.74) is 3.44. The predicted molar refractivity (Wildman–Crippen MR) is 111 cm³/mol. The lowest BCUT2D eigenvalue weighted by Crippen LogP contribution is -2.36. The Bertz CT molecular complexity index is 1140. The number of carbonyl (C=O) groups excluding carboxylic acids is 2. The molecule has 0 N–H and O–H groups in total. The standard InChI is InChI=1S/C24H22FN3O2/c25-17-8-6-16(7-9-17)14-28-15-20-19(23(28)29)13-21-18(5-4-10-26-21)22(20)24(30)27-11-2-1-3-12-27/h4-10,13H,1-3,11-12,14-15H2. The van der Waals surface area contributed by atoms with E-state index < -0.39 is 0 Å². The minimum Gasteiger partial charge on any atom is -0.339 e. The molecule has 152 valence electrons. The summed E-state index contributed by atoms with van der Waals surface area (Å²) in [5, 5.41) is 0.795. The van der Waals surface area contributed by atoms with Crippen LogP contribution in [0.25, 0.3) is 10.9 Å². The molecule has 2 amide bonds. The summed E-state index contributed by atoms with van der Waals surface area (Å²) < 4.78 is 13.2. The van der Waals surface area contributed by atoms with Crippen molar-refractivity contribution in [2.24, 2.45) is 0 Å². The number of carbonyl (C=O) groups is 2. The minimum absolute atomic E-state index is 0.0130. The average Bonchev–Trinajstić information content (AvgIpc) is 3.08. The fourth-order valence-corrected chi connectivity index (χ4v) is 4.49. The Balaban J connectivity index is 1.56. The molecule has 5 rings (SSSR count). The molecule has 1 saturated heterocycles. The van der Waals surface area contributed by atoms with E-state index in [2.05, 4.69) is 4.98 Å². The van der Waals surface area contributed by atoms with E-state index in [0.717, 1.165) is 48.9 Å². The van der Waals surface area contributed by atoms with Crippen molar-refractivity contribution in [1.82, 2.24) is 14.8 Å². The molecule has 1 fully saturated rings. The van der Waals surface area contributed by atoms with Crippen molar-refractivity contribution in [3.8, 4) is 0 Å². The predicted octanol–water partition coefficient (Wildman–Crippen LogP) is 4.16. The van der Waals surface area contributed by atoms with Crippen molar-refractivity contribution in [2.75, 3.05) is 13.1 Å². The summed E-state index contributed by atoms with van der Waals surface area (Å²) in [6.45, 7) is 2.23. The number of piperidine rings is 1. The Kier molecular flexibility index (Phi) is 4.69. The zero-order valence-electron chi connectivity index (χ0n) is 16.6. The van der Waals surface area contributed by atoms with E-state index in [1.54, 1.807) is 29.3 Å². The number of hydrogen-bond donors (Lipinski definition) is 0. The molecule has 0 unspecified atom stereocenters. The van der Waals surface area contributed by atoms with E-state index in [-0.39, 0.29) is 17.6 Å². The number of likely N-dealkylation sites (tertiary alicyclic amines) is 1. The van der Waals surface area contributed by atoms with Crippen LogP contribution in [0.15, 0.2) is 48.7 Å². The first-order valence-electron chi connectivity index (χ1n) is 10.4. The molecule has 0 bridgehead atoms. The van der Waals surface area contributed by atoms with E-state index in [0.29, 0.717) is 29.7 Å². The van der Waals surface area contributed by atoms with Crippen molar-refractivity contribution in [2.45, 2.75) is 32.4 Å². The number of pyridine rings is 1. The first kappa shape index (κ1) is 18.7. The molecule has 3 heterocycles. The minimum atomic E-state index is -0.304. The van der Waals surface area contributed by atoms with Gasteiger partial charge in [0, 0.05) is 43.3 Å². The van der Waals surface area contributed by atoms with E-state index in [1.807, 2.05) is 17.0 Å². The Morgan fingerprint density at radius 1 is 1.07 bits per heavy atom. The summed E-state index contributed by atoms with van der Waals surface area (Å²) in [6.07, 6.45) is 4.83. The maximum Gasteiger partial charge on any atom is 0.254 e. The Morgan fingerprint density at radius 2 is 1.83 bits per heavy atom. The molecule has 0 saturated carbocycles. The summed E-state index contributed by atoms with van der Waals surface area (Å²) >= 11 is 0. The second kappa shape index (κ2) is 7.52. The molecule has 2 aromatic carbocycles. The third kappa shape index (κ3) is 3.22. The Hall–Kier alpha value is -3.28. The highest BCUT2D eigenvalue weighted by Crippen LogP contribution is 2.34. The first-order chi connectivity index (χ1) is 14.6. The molecule has 2 aliphatic heterocycles. The molecular weight excluding hydrogens is 381 g/mol. The Morgan fingerprint density at radius 3 is 2.60 bits per heavy atom. The molecule has 2 aliphatic rings. The lowest BCUT2D eigenvalue weighted by molar-refractivity contribution is 0.0720. The van der Waals surface area contributed by atoms with Crippen LogP contribution in [0.2, 0.25) is 0 Å². The van der Waals surface area contributed by atoms with Crippen molar-refractivity contribution in [3.63, 3.8) is 0 Å². The average molecular weight is 403 g/mol. The topological polar surface area (TPSA) is 53.5 Å². The first-order valence-corrected chi connectivity index (χ1v) is 10.4. The van der Waals surface area contributed by atoms with Crippen molar-refractivity contribution in [3.05, 3.63) is 76.7 Å². The zero-order valence-corrected chi connectivity index (χ0v) is 16.6. The monoisotopic (exact) mass is 403 g/mol. The lowest BCUT2D eigenvalue weighted by Gasteiger charge is -2.28. The van der Waals surface area contributed by atoms with Gasteiger partial charge < -0.3 is 9.80 Å². The largest absolute Gasteiger partial charge is 0.339 e. The summed E-state index contributed by atoms with van der Waals surface area (Å²) in [7, 11) is 0. The van der Waals surface area contributed by atoms with Gasteiger partial charge >= 0.3 is 0 Å². The van der Waals surface area contributed by atoms with E-state index >= 15 is 0 Å². The SMILES string of the molecule is O=C1c2cc3ncccc3c(C(=O)N3CCCCC3)c2CN1Cc1ccc(F)cc1. The van der Waals surface area contributed by atoms with Gasteiger partial charge in [0.15, 0.2) is 0 Å². The number of halogens is 1. The third-order valence-electron chi connectivity index (χ3n) is 6.03. The Labute approximate surface area is 174 Å². The molecule has 0 aliphatic carbocycles. The molecule has 3 aromatic rings. The summed E-state index contributed by atoms with van der Waals surface area (Å²) in [4.78, 5) is 34.7. The van der Waals surface area contributed by atoms with Gasteiger partial charge in [-0.25, -0.2) is 4.39 Å². The second-order valence-corrected chi connectivity index (χ2v) is 7.99. The molecule has 0 atom stereocenters. The quantitative estimate of drug-likeness (QED) is 0.660. The van der Waals surface area contributed by atoms with E-state index in [4.69, 9.17) is 0 Å². The van der Waals surface area contributed by atoms with Crippen LogP contribution in [0, 0.1) is 5.82 Å². The smallest absolute Gasteiger partial charge is 0.254 e. The van der Waals surface area contributed by atoms with E-state index in [1.165, 1.54) is 12.1 Å². The molecule has 1 aromatic heterocycles. The maximum atomic E-state index is 13.5. The fraction of sp³-hybridized carbons (Fsp3) is 0.292. The molecule has 0 radical (unpaired) electrons. The van der Waals surface area contributed by atoms with Gasteiger partial charge in [-0.15, -0.1) is 0 Å². The van der Waals surface area contributed by atoms with Crippen LogP contribution < -0.4 is 0 Å². The van der Waals surface area contributed by atoms with Gasteiger partial charge in [0.25, 0.3) is 11.8 Å². The molecular formula is C24H22FN3O2. The van der Waals surface area contributed by atoms with Crippen LogP contribution in [0.4, 0.5) is 4.39 Å². The number of benzene rings is 2. The van der Waals surface area contributed by atoms with Crippen molar-refractivity contribution < 1.29 is 14.0 Å². The van der Waals surface area contributed by atoms with Crippen molar-refractivity contribution >= 4 is 22.7 Å². The van der Waals surface area contributed by atoms with Crippen molar-refractivity contribution in [1.29, 1.82) is 0 Å². The highest BCUT2D eigenvalue weighted by molar-refractivity contribution is 6.13. The zero-order chi connectivity index (χ0) is 20.7. The van der Waals surface area contributed by atoms with Crippen LogP contribution in [0.3, 0.4) is 0 Å². The second-order valence-electron chi connectivity index (χ2n) is 7.99. The fourth-order valence-electron chi connectivity index (χ4n) is 4.49. The maximum absolute atomic E-state index is 13.5. The van der Waals surface area contributed by atoms with Gasteiger partial charge in [-0.2, -0.15) is 0 Å². The number of hydrogen-bond acceptors (Lipinski definition) is 3. The normalized spacial score (nSPS) is 16.2. The number of rotatable bonds is 3. The molecule has 0 spiro atoms. The molecule has 6 heteroatoms. The van der Waals surface area contributed by atoms with Crippen LogP contribution in [-0.4, -0.2) is 39.7 Å². The van der Waals surface area contributed by atoms with Gasteiger partial charge in [-0.05, 0) is 54.7 Å². The number of aromatic nitrogens is 1. The molecule has 5 nitrogen and oxygen atoms in total. The third-order valence-corrected chi connectivity index (χ3v) is 6.03. The van der Waals surface area contributed by atoms with Gasteiger partial charge in [0.2, 0.25) is 0 Å². The summed E-state index contributed by atoms with van der Waals surface area (Å²) in [6, 6.07) is 11.7. The van der Waals surface area contributed by atoms with Gasteiger partial charge in [-0.3, -0.25) is 14.6 Å².